The van der Waals surface area contributed by atoms with Crippen LogP contribution in [0.5, 0.6) is 0 Å². The standard InChI is InChI=1S/C34H44N2O4/c1-3-5-17-36-25-15-13-22(14-16-25)34(38)40-32-27-19-26(29-23-11-12-24(18-23)30(27)29)31(32)39-33(37)21-9-7-20(8-10-21)28(35)6-4-2/h7-10,13-16,23-24,26-32,36H,3-6,11-12,17-19,35H2,1-2H3. The van der Waals surface area contributed by atoms with Gasteiger partial charge < -0.3 is 20.5 Å². The fraction of sp³-hybridized carbons (Fsp3) is 0.588. The Hall–Kier alpha value is -2.86. The molecule has 0 radical (unpaired) electrons. The molecule has 6 heteroatoms. The molecule has 9 atom stereocenters. The van der Waals surface area contributed by atoms with E-state index in [9.17, 15) is 9.59 Å². The average molecular weight is 545 g/mol. The van der Waals surface area contributed by atoms with E-state index in [0.29, 0.717) is 23.0 Å². The van der Waals surface area contributed by atoms with Gasteiger partial charge in [0.05, 0.1) is 11.1 Å². The zero-order chi connectivity index (χ0) is 27.8. The summed E-state index contributed by atoms with van der Waals surface area (Å²) in [4.78, 5) is 26.7. The molecule has 0 aliphatic heterocycles. The van der Waals surface area contributed by atoms with Crippen LogP contribution in [0.15, 0.2) is 48.5 Å². The topological polar surface area (TPSA) is 90.6 Å². The van der Waals surface area contributed by atoms with Crippen LogP contribution in [0.2, 0.25) is 0 Å². The normalized spacial score (nSPS) is 32.1. The fourth-order valence-electron chi connectivity index (χ4n) is 8.64. The summed E-state index contributed by atoms with van der Waals surface area (Å²) in [5.41, 5.74) is 9.36. The van der Waals surface area contributed by atoms with E-state index in [1.165, 1.54) is 19.3 Å². The molecular weight excluding hydrogens is 500 g/mol. The van der Waals surface area contributed by atoms with E-state index in [1.54, 1.807) is 0 Å². The van der Waals surface area contributed by atoms with Gasteiger partial charge in [-0.3, -0.25) is 0 Å². The third kappa shape index (κ3) is 5.04. The fourth-order valence-corrected chi connectivity index (χ4v) is 8.64. The molecule has 4 fully saturated rings. The van der Waals surface area contributed by atoms with Gasteiger partial charge in [0.2, 0.25) is 0 Å². The van der Waals surface area contributed by atoms with Crippen LogP contribution < -0.4 is 11.1 Å². The second-order valence-corrected chi connectivity index (χ2v) is 12.7. The molecule has 2 aromatic rings. The molecule has 6 nitrogen and oxygen atoms in total. The van der Waals surface area contributed by atoms with Crippen molar-refractivity contribution in [2.24, 2.45) is 41.2 Å². The van der Waals surface area contributed by atoms with E-state index in [1.807, 2.05) is 48.5 Å². The van der Waals surface area contributed by atoms with Gasteiger partial charge in [-0.2, -0.15) is 0 Å². The van der Waals surface area contributed by atoms with Gasteiger partial charge in [-0.05, 0) is 104 Å². The quantitative estimate of drug-likeness (QED) is 0.184. The number of anilines is 1. The SMILES string of the molecule is CCCCNc1ccc(C(=O)OC2C3CC(C2OC(=O)c2ccc(C(N)CCC)cc2)C2C4CCC(C4)C32)cc1. The number of nitrogens with one attached hydrogen (secondary N) is 1. The van der Waals surface area contributed by atoms with E-state index in [-0.39, 0.29) is 42.0 Å². The number of nitrogens with two attached hydrogens (primary N) is 1. The first-order valence-corrected chi connectivity index (χ1v) is 15.6. The van der Waals surface area contributed by atoms with Crippen LogP contribution >= 0.6 is 0 Å². The minimum Gasteiger partial charge on any atom is -0.455 e. The first kappa shape index (κ1) is 27.3. The summed E-state index contributed by atoms with van der Waals surface area (Å²) in [5, 5.41) is 3.39. The molecule has 0 spiro atoms. The molecule has 0 saturated heterocycles. The van der Waals surface area contributed by atoms with Crippen LogP contribution in [0.4, 0.5) is 5.69 Å². The first-order valence-electron chi connectivity index (χ1n) is 15.6. The van der Waals surface area contributed by atoms with Gasteiger partial charge in [-0.1, -0.05) is 38.8 Å². The highest BCUT2D eigenvalue weighted by molar-refractivity contribution is 5.91. The predicted molar refractivity (Wildman–Crippen MR) is 156 cm³/mol. The van der Waals surface area contributed by atoms with Crippen LogP contribution in [-0.4, -0.2) is 30.7 Å². The molecule has 0 aromatic heterocycles. The summed E-state index contributed by atoms with van der Waals surface area (Å²) in [6.45, 7) is 5.20. The Labute approximate surface area is 238 Å². The molecule has 4 saturated carbocycles. The summed E-state index contributed by atoms with van der Waals surface area (Å²) < 4.78 is 12.5. The Balaban J connectivity index is 1.17. The third-order valence-corrected chi connectivity index (χ3v) is 10.4. The number of hydrogen-bond donors (Lipinski definition) is 2. The van der Waals surface area contributed by atoms with Crippen molar-refractivity contribution in [2.75, 3.05) is 11.9 Å². The molecule has 3 N–H and O–H groups in total. The summed E-state index contributed by atoms with van der Waals surface area (Å²) in [6.07, 6.45) is 8.24. The van der Waals surface area contributed by atoms with Gasteiger partial charge in [0.1, 0.15) is 12.2 Å². The van der Waals surface area contributed by atoms with Crippen molar-refractivity contribution < 1.29 is 19.1 Å². The maximum Gasteiger partial charge on any atom is 0.338 e. The minimum absolute atomic E-state index is 0.0275. The first-order chi connectivity index (χ1) is 19.5. The summed E-state index contributed by atoms with van der Waals surface area (Å²) >= 11 is 0. The lowest BCUT2D eigenvalue weighted by Gasteiger charge is -2.42. The molecule has 6 rings (SSSR count). The lowest BCUT2D eigenvalue weighted by Crippen LogP contribution is -2.48. The average Bonchev–Trinajstić information content (AvgIpc) is 3.75. The monoisotopic (exact) mass is 544 g/mol. The Bertz CT molecular complexity index is 1200. The highest BCUT2D eigenvalue weighted by Crippen LogP contribution is 2.68. The summed E-state index contributed by atoms with van der Waals surface area (Å²) in [7, 11) is 0. The van der Waals surface area contributed by atoms with Crippen molar-refractivity contribution in [1.29, 1.82) is 0 Å². The Morgan fingerprint density at radius 2 is 1.38 bits per heavy atom. The molecule has 4 bridgehead atoms. The lowest BCUT2D eigenvalue weighted by molar-refractivity contribution is -0.0891. The van der Waals surface area contributed by atoms with Gasteiger partial charge in [0, 0.05) is 30.1 Å². The molecule has 4 aliphatic carbocycles. The number of esters is 2. The zero-order valence-electron chi connectivity index (χ0n) is 23.9. The highest BCUT2D eigenvalue weighted by atomic mass is 16.6. The van der Waals surface area contributed by atoms with Gasteiger partial charge >= 0.3 is 11.9 Å². The van der Waals surface area contributed by atoms with E-state index < -0.39 is 0 Å². The molecule has 0 amide bonds. The van der Waals surface area contributed by atoms with E-state index in [0.717, 1.165) is 61.7 Å². The van der Waals surface area contributed by atoms with Gasteiger partial charge in [-0.25, -0.2) is 9.59 Å². The van der Waals surface area contributed by atoms with Crippen molar-refractivity contribution in [3.05, 3.63) is 65.2 Å². The molecule has 40 heavy (non-hydrogen) atoms. The van der Waals surface area contributed by atoms with Crippen molar-refractivity contribution in [3.63, 3.8) is 0 Å². The minimum atomic E-state index is -0.390. The van der Waals surface area contributed by atoms with Crippen LogP contribution in [0.25, 0.3) is 0 Å². The number of carbonyl (C=O) groups excluding carboxylic acids is 2. The number of fused-ring (bicyclic) bond motifs is 9. The Morgan fingerprint density at radius 3 is 1.90 bits per heavy atom. The number of ether oxygens (including phenoxy) is 2. The van der Waals surface area contributed by atoms with Crippen LogP contribution in [0.3, 0.4) is 0 Å². The maximum atomic E-state index is 13.4. The van der Waals surface area contributed by atoms with Crippen molar-refractivity contribution >= 4 is 17.6 Å². The van der Waals surface area contributed by atoms with E-state index in [2.05, 4.69) is 19.2 Å². The number of rotatable bonds is 11. The van der Waals surface area contributed by atoms with Crippen LogP contribution in [0.1, 0.15) is 97.5 Å². The Morgan fingerprint density at radius 1 is 0.825 bits per heavy atom. The number of carbonyl (C=O) groups is 2. The largest absolute Gasteiger partial charge is 0.455 e. The smallest absolute Gasteiger partial charge is 0.338 e. The molecular formula is C34H44N2O4. The van der Waals surface area contributed by atoms with Gasteiger partial charge in [0.15, 0.2) is 0 Å². The highest BCUT2D eigenvalue weighted by Gasteiger charge is 2.68. The van der Waals surface area contributed by atoms with Crippen molar-refractivity contribution in [2.45, 2.75) is 83.5 Å². The molecule has 4 aliphatic rings. The Kier molecular flexibility index (Phi) is 7.89. The number of benzene rings is 2. The molecule has 9 unspecified atom stereocenters. The second kappa shape index (κ2) is 11.6. The molecule has 214 valence electrons. The molecule has 2 aromatic carbocycles. The van der Waals surface area contributed by atoms with Crippen LogP contribution in [-0.2, 0) is 9.47 Å². The predicted octanol–water partition coefficient (Wildman–Crippen LogP) is 6.76. The van der Waals surface area contributed by atoms with Crippen LogP contribution in [0, 0.1) is 35.5 Å². The van der Waals surface area contributed by atoms with E-state index >= 15 is 0 Å². The zero-order valence-corrected chi connectivity index (χ0v) is 23.9. The summed E-state index contributed by atoms with van der Waals surface area (Å²) in [5.74, 6) is 2.54. The summed E-state index contributed by atoms with van der Waals surface area (Å²) in [6, 6.07) is 15.0. The lowest BCUT2D eigenvalue weighted by atomic mass is 9.69. The number of unbranched alkanes of at least 4 members (excludes halogenated alkanes) is 1. The van der Waals surface area contributed by atoms with Gasteiger partial charge in [-0.15, -0.1) is 0 Å². The van der Waals surface area contributed by atoms with E-state index in [4.69, 9.17) is 15.2 Å². The third-order valence-electron chi connectivity index (χ3n) is 10.4. The van der Waals surface area contributed by atoms with Gasteiger partial charge in [0.25, 0.3) is 0 Å². The maximum absolute atomic E-state index is 13.4. The van der Waals surface area contributed by atoms with Crippen molar-refractivity contribution in [1.82, 2.24) is 0 Å². The van der Waals surface area contributed by atoms with Crippen molar-refractivity contribution in [3.8, 4) is 0 Å². The molecule has 0 heterocycles. The number of hydrogen-bond acceptors (Lipinski definition) is 6. The second-order valence-electron chi connectivity index (χ2n) is 12.7.